The lowest BCUT2D eigenvalue weighted by atomic mass is 9.79. The highest BCUT2D eigenvalue weighted by Crippen LogP contribution is 2.47. The van der Waals surface area contributed by atoms with Crippen LogP contribution in [0.3, 0.4) is 0 Å². The van der Waals surface area contributed by atoms with Crippen molar-refractivity contribution < 1.29 is 14.5 Å². The fourth-order valence-electron chi connectivity index (χ4n) is 2.17. The summed E-state index contributed by atoms with van der Waals surface area (Å²) in [5.41, 5.74) is 0.550. The van der Waals surface area contributed by atoms with Gasteiger partial charge in [-0.2, -0.15) is 0 Å². The number of benzene rings is 1. The largest absolute Gasteiger partial charge is 0.425 e. The maximum Gasteiger partial charge on any atom is 0.308 e. The van der Waals surface area contributed by atoms with Gasteiger partial charge in [0.25, 0.3) is 5.69 Å². The van der Waals surface area contributed by atoms with Crippen molar-refractivity contribution in [1.82, 2.24) is 0 Å². The second kappa shape index (κ2) is 5.99. The fraction of sp³-hybridized carbons (Fsp3) is 0.562. The van der Waals surface area contributed by atoms with E-state index in [0.29, 0.717) is 5.56 Å². The summed E-state index contributed by atoms with van der Waals surface area (Å²) in [7, 11) is 0. The number of esters is 1. The van der Waals surface area contributed by atoms with E-state index in [1.807, 2.05) is 41.5 Å². The molecule has 0 fully saturated rings. The summed E-state index contributed by atoms with van der Waals surface area (Å²) in [4.78, 5) is 22.5. The molecule has 0 spiro atoms. The number of halogens is 1. The minimum Gasteiger partial charge on any atom is -0.425 e. The quantitative estimate of drug-likeness (QED) is 0.321. The number of ether oxygens (including phenoxy) is 1. The standard InChI is InChI=1S/C16H22BrNO4/c1-9(19)22-14-11(16(5,6)7)8-10(15(2,3)4)13(12(14)17)18(20)21/h8H,1-7H3. The molecule has 22 heavy (non-hydrogen) atoms. The highest BCUT2D eigenvalue weighted by Gasteiger charge is 2.35. The van der Waals surface area contributed by atoms with Crippen molar-refractivity contribution in [2.24, 2.45) is 0 Å². The van der Waals surface area contributed by atoms with Crippen LogP contribution in [0.4, 0.5) is 5.69 Å². The molecule has 0 aliphatic carbocycles. The number of hydrogen-bond donors (Lipinski definition) is 0. The highest BCUT2D eigenvalue weighted by atomic mass is 79.9. The first-order valence-electron chi connectivity index (χ1n) is 6.97. The zero-order valence-electron chi connectivity index (χ0n) is 14.0. The molecule has 0 saturated carbocycles. The van der Waals surface area contributed by atoms with Crippen LogP contribution in [-0.4, -0.2) is 10.9 Å². The first kappa shape index (κ1) is 18.6. The molecule has 1 rings (SSSR count). The van der Waals surface area contributed by atoms with Crippen LogP contribution in [0, 0.1) is 10.1 Å². The summed E-state index contributed by atoms with van der Waals surface area (Å²) in [5, 5.41) is 11.5. The number of nitrogens with zero attached hydrogens (tertiary/aromatic N) is 1. The van der Waals surface area contributed by atoms with E-state index >= 15 is 0 Å². The van der Waals surface area contributed by atoms with Gasteiger partial charge < -0.3 is 4.74 Å². The van der Waals surface area contributed by atoms with Crippen molar-refractivity contribution in [1.29, 1.82) is 0 Å². The van der Waals surface area contributed by atoms with Crippen molar-refractivity contribution in [3.05, 3.63) is 31.8 Å². The van der Waals surface area contributed by atoms with Crippen LogP contribution in [0.15, 0.2) is 10.5 Å². The van der Waals surface area contributed by atoms with Crippen LogP contribution < -0.4 is 4.74 Å². The molecule has 0 atom stereocenters. The van der Waals surface area contributed by atoms with E-state index in [-0.39, 0.29) is 21.3 Å². The Bertz CT molecular complexity index is 625. The normalized spacial score (nSPS) is 12.2. The van der Waals surface area contributed by atoms with Gasteiger partial charge in [-0.3, -0.25) is 14.9 Å². The molecule has 0 N–H and O–H groups in total. The van der Waals surface area contributed by atoms with Gasteiger partial charge in [0.2, 0.25) is 0 Å². The Balaban J connectivity index is 3.89. The summed E-state index contributed by atoms with van der Waals surface area (Å²) in [6.07, 6.45) is 0. The molecule has 0 aromatic heterocycles. The number of carbonyl (C=O) groups excluding carboxylic acids is 1. The van der Waals surface area contributed by atoms with Crippen molar-refractivity contribution >= 4 is 27.6 Å². The smallest absolute Gasteiger partial charge is 0.308 e. The molecule has 0 bridgehead atoms. The van der Waals surface area contributed by atoms with Crippen molar-refractivity contribution in [2.45, 2.75) is 59.3 Å². The van der Waals surface area contributed by atoms with Crippen molar-refractivity contribution in [2.75, 3.05) is 0 Å². The Morgan fingerprint density at radius 3 is 1.91 bits per heavy atom. The number of rotatable bonds is 2. The monoisotopic (exact) mass is 371 g/mol. The third-order valence-electron chi connectivity index (χ3n) is 3.24. The third-order valence-corrected chi connectivity index (χ3v) is 3.98. The van der Waals surface area contributed by atoms with E-state index in [0.717, 1.165) is 5.56 Å². The second-order valence-electron chi connectivity index (χ2n) is 7.31. The molecule has 1 aromatic carbocycles. The van der Waals surface area contributed by atoms with Crippen LogP contribution in [0.1, 0.15) is 59.6 Å². The maximum atomic E-state index is 11.5. The van der Waals surface area contributed by atoms with E-state index in [9.17, 15) is 14.9 Å². The zero-order valence-corrected chi connectivity index (χ0v) is 15.6. The van der Waals surface area contributed by atoms with Gasteiger partial charge in [-0.15, -0.1) is 0 Å². The van der Waals surface area contributed by atoms with Crippen LogP contribution in [0.25, 0.3) is 0 Å². The molecule has 0 radical (unpaired) electrons. The molecule has 0 saturated heterocycles. The molecular weight excluding hydrogens is 350 g/mol. The van der Waals surface area contributed by atoms with E-state index in [4.69, 9.17) is 4.74 Å². The number of carbonyl (C=O) groups is 1. The summed E-state index contributed by atoms with van der Waals surface area (Å²) in [5.74, 6) is -0.288. The van der Waals surface area contributed by atoms with Gasteiger partial charge in [0.15, 0.2) is 5.75 Å². The van der Waals surface area contributed by atoms with Crippen LogP contribution >= 0.6 is 15.9 Å². The molecule has 0 aliphatic rings. The molecule has 0 unspecified atom stereocenters. The number of hydrogen-bond acceptors (Lipinski definition) is 4. The van der Waals surface area contributed by atoms with E-state index < -0.39 is 16.3 Å². The second-order valence-corrected chi connectivity index (χ2v) is 8.11. The average molecular weight is 372 g/mol. The molecule has 6 heteroatoms. The molecule has 0 aliphatic heterocycles. The van der Waals surface area contributed by atoms with Gasteiger partial charge in [0.1, 0.15) is 4.47 Å². The van der Waals surface area contributed by atoms with E-state index in [2.05, 4.69) is 15.9 Å². The molecule has 1 aromatic rings. The lowest BCUT2D eigenvalue weighted by Gasteiger charge is -2.27. The van der Waals surface area contributed by atoms with Crippen molar-refractivity contribution in [3.8, 4) is 5.75 Å². The molecular formula is C16H22BrNO4. The van der Waals surface area contributed by atoms with Crippen molar-refractivity contribution in [3.63, 3.8) is 0 Å². The molecule has 122 valence electrons. The van der Waals surface area contributed by atoms with Crippen LogP contribution in [0.5, 0.6) is 5.75 Å². The predicted octanol–water partition coefficient (Wildman–Crippen LogP) is 4.88. The predicted molar refractivity (Wildman–Crippen MR) is 89.5 cm³/mol. The summed E-state index contributed by atoms with van der Waals surface area (Å²) >= 11 is 3.28. The van der Waals surface area contributed by atoms with Crippen LogP contribution in [-0.2, 0) is 15.6 Å². The minimum absolute atomic E-state index is 0.0586. The number of nitro groups is 1. The maximum absolute atomic E-state index is 11.5. The van der Waals surface area contributed by atoms with Gasteiger partial charge in [0, 0.05) is 18.1 Å². The zero-order chi connectivity index (χ0) is 17.5. The van der Waals surface area contributed by atoms with Crippen LogP contribution in [0.2, 0.25) is 0 Å². The van der Waals surface area contributed by atoms with E-state index in [1.54, 1.807) is 6.07 Å². The molecule has 0 amide bonds. The molecule has 5 nitrogen and oxygen atoms in total. The Hall–Kier alpha value is -1.43. The SMILES string of the molecule is CC(=O)Oc1c(C(C)(C)C)cc(C(C)(C)C)c([N+](=O)[O-])c1Br. The fourth-order valence-corrected chi connectivity index (χ4v) is 2.83. The Labute approximate surface area is 139 Å². The minimum atomic E-state index is -0.510. The van der Waals surface area contributed by atoms with Gasteiger partial charge in [-0.1, -0.05) is 41.5 Å². The highest BCUT2D eigenvalue weighted by molar-refractivity contribution is 9.10. The Kier molecular flexibility index (Phi) is 5.07. The lowest BCUT2D eigenvalue weighted by Crippen LogP contribution is -2.21. The molecule has 0 heterocycles. The van der Waals surface area contributed by atoms with Gasteiger partial charge in [0.05, 0.1) is 4.92 Å². The summed E-state index contributed by atoms with van der Waals surface area (Å²) < 4.78 is 5.48. The van der Waals surface area contributed by atoms with E-state index in [1.165, 1.54) is 6.92 Å². The number of nitro benzene ring substituents is 1. The average Bonchev–Trinajstić information content (AvgIpc) is 2.26. The van der Waals surface area contributed by atoms with Gasteiger partial charge in [-0.25, -0.2) is 0 Å². The lowest BCUT2D eigenvalue weighted by molar-refractivity contribution is -0.386. The third kappa shape index (κ3) is 3.85. The summed E-state index contributed by atoms with van der Waals surface area (Å²) in [6, 6.07) is 1.78. The Morgan fingerprint density at radius 2 is 1.59 bits per heavy atom. The van der Waals surface area contributed by atoms with Gasteiger partial charge >= 0.3 is 5.97 Å². The Morgan fingerprint density at radius 1 is 1.14 bits per heavy atom. The summed E-state index contributed by atoms with van der Waals surface area (Å²) in [6.45, 7) is 12.9. The first-order chi connectivity index (χ1) is 9.76. The first-order valence-corrected chi connectivity index (χ1v) is 7.76. The topological polar surface area (TPSA) is 69.4 Å². The van der Waals surface area contributed by atoms with Gasteiger partial charge in [-0.05, 0) is 32.8 Å².